The van der Waals surface area contributed by atoms with E-state index in [4.69, 9.17) is 9.62 Å². The van der Waals surface area contributed by atoms with Gasteiger partial charge >= 0.3 is 11.9 Å². The minimum Gasteiger partial charge on any atom is -0.457 e. The molecule has 2 aromatic carbocycles. The molecule has 0 saturated heterocycles. The van der Waals surface area contributed by atoms with Gasteiger partial charge in [-0.15, -0.1) is 0 Å². The topological polar surface area (TPSA) is 112 Å². The Labute approximate surface area is 197 Å². The Kier molecular flexibility index (Phi) is 9.78. The molecule has 0 atom stereocenters. The predicted octanol–water partition coefficient (Wildman–Crippen LogP) is 2.39. The summed E-state index contributed by atoms with van der Waals surface area (Å²) in [6, 6.07) is 12.9. The molecule has 0 aromatic heterocycles. The molecule has 34 heavy (non-hydrogen) atoms. The molecule has 0 aliphatic heterocycles. The van der Waals surface area contributed by atoms with Gasteiger partial charge in [-0.25, -0.2) is 9.59 Å². The zero-order valence-corrected chi connectivity index (χ0v) is 19.3. The SMILES string of the molecule is CN(C)c1ccc(C(=O)C(=O)OC=COOCCOC(=O)C(=O)c2ccc(N(C)C)cc2)cc1. The van der Waals surface area contributed by atoms with Crippen LogP contribution in [0.5, 0.6) is 0 Å². The monoisotopic (exact) mass is 470 g/mol. The Balaban J connectivity index is 1.64. The Bertz CT molecular complexity index is 1030. The maximum absolute atomic E-state index is 12.0. The van der Waals surface area contributed by atoms with Crippen LogP contribution in [0.4, 0.5) is 11.4 Å². The van der Waals surface area contributed by atoms with Crippen molar-refractivity contribution in [1.82, 2.24) is 0 Å². The lowest BCUT2D eigenvalue weighted by Crippen LogP contribution is -2.20. The molecule has 10 nitrogen and oxygen atoms in total. The van der Waals surface area contributed by atoms with Crippen LogP contribution in [-0.2, 0) is 28.8 Å². The number of carbonyl (C=O) groups is 4. The fourth-order valence-electron chi connectivity index (χ4n) is 2.54. The molecule has 180 valence electrons. The van der Waals surface area contributed by atoms with E-state index < -0.39 is 23.5 Å². The second kappa shape index (κ2) is 12.8. The summed E-state index contributed by atoms with van der Waals surface area (Å²) in [7, 11) is 7.42. The van der Waals surface area contributed by atoms with Crippen LogP contribution in [0.3, 0.4) is 0 Å². The maximum atomic E-state index is 12.0. The van der Waals surface area contributed by atoms with Gasteiger partial charge in [-0.1, -0.05) is 0 Å². The molecule has 2 rings (SSSR count). The van der Waals surface area contributed by atoms with E-state index in [-0.39, 0.29) is 24.3 Å². The second-order valence-corrected chi connectivity index (χ2v) is 7.27. The van der Waals surface area contributed by atoms with Crippen molar-refractivity contribution in [2.75, 3.05) is 51.2 Å². The molecule has 10 heteroatoms. The normalized spacial score (nSPS) is 10.5. The molecule has 0 aliphatic carbocycles. The molecule has 0 saturated carbocycles. The van der Waals surface area contributed by atoms with E-state index in [0.29, 0.717) is 0 Å². The average Bonchev–Trinajstić information content (AvgIpc) is 2.84. The van der Waals surface area contributed by atoms with Gasteiger partial charge < -0.3 is 24.2 Å². The highest BCUT2D eigenvalue weighted by atomic mass is 17.2. The number of Topliss-reactive ketones (excluding diaryl/α,β-unsaturated/α-hetero) is 2. The van der Waals surface area contributed by atoms with E-state index in [2.05, 4.69) is 9.62 Å². The summed E-state index contributed by atoms with van der Waals surface area (Å²) in [6.45, 7) is -0.427. The lowest BCUT2D eigenvalue weighted by atomic mass is 10.1. The van der Waals surface area contributed by atoms with Crippen LogP contribution >= 0.6 is 0 Å². The molecular weight excluding hydrogens is 444 g/mol. The predicted molar refractivity (Wildman–Crippen MR) is 123 cm³/mol. The fraction of sp³-hybridized carbons (Fsp3) is 0.250. The van der Waals surface area contributed by atoms with Crippen molar-refractivity contribution in [3.05, 3.63) is 72.2 Å². The van der Waals surface area contributed by atoms with Gasteiger partial charge in [-0.3, -0.25) is 9.59 Å². The molecule has 0 heterocycles. The number of hydrogen-bond acceptors (Lipinski definition) is 10. The Hall–Kier alpha value is -4.18. The van der Waals surface area contributed by atoms with Gasteiger partial charge in [0.25, 0.3) is 11.6 Å². The van der Waals surface area contributed by atoms with Gasteiger partial charge in [0.2, 0.25) is 0 Å². The third-order valence-corrected chi connectivity index (χ3v) is 4.42. The number of ketones is 2. The Morgan fingerprint density at radius 2 is 1.15 bits per heavy atom. The largest absolute Gasteiger partial charge is 0.457 e. The summed E-state index contributed by atoms with van der Waals surface area (Å²) in [5, 5.41) is 0. The Morgan fingerprint density at radius 1 is 0.676 bits per heavy atom. The molecule has 0 N–H and O–H groups in total. The maximum Gasteiger partial charge on any atom is 0.384 e. The van der Waals surface area contributed by atoms with Crippen LogP contribution in [0.15, 0.2) is 61.1 Å². The summed E-state index contributed by atoms with van der Waals surface area (Å²) in [5.74, 6) is -3.71. The first-order valence-corrected chi connectivity index (χ1v) is 10.2. The van der Waals surface area contributed by atoms with Gasteiger partial charge in [-0.2, -0.15) is 4.89 Å². The van der Waals surface area contributed by atoms with E-state index in [1.54, 1.807) is 24.3 Å². The zero-order chi connectivity index (χ0) is 25.1. The fourth-order valence-corrected chi connectivity index (χ4v) is 2.54. The lowest BCUT2D eigenvalue weighted by Gasteiger charge is -2.12. The van der Waals surface area contributed by atoms with Crippen LogP contribution in [0.25, 0.3) is 0 Å². The van der Waals surface area contributed by atoms with E-state index in [9.17, 15) is 19.2 Å². The smallest absolute Gasteiger partial charge is 0.384 e. The van der Waals surface area contributed by atoms with E-state index in [0.717, 1.165) is 23.9 Å². The van der Waals surface area contributed by atoms with Crippen molar-refractivity contribution in [2.45, 2.75) is 0 Å². The quantitative estimate of drug-likeness (QED) is 0.0872. The molecule has 0 spiro atoms. The van der Waals surface area contributed by atoms with Crippen LogP contribution < -0.4 is 9.80 Å². The number of rotatable bonds is 12. The summed E-state index contributed by atoms with van der Waals surface area (Å²) in [4.78, 5) is 60.7. The number of ether oxygens (including phenoxy) is 2. The first kappa shape index (κ1) is 26.1. The first-order chi connectivity index (χ1) is 16.2. The van der Waals surface area contributed by atoms with Gasteiger partial charge in [-0.05, 0) is 48.5 Å². The highest BCUT2D eigenvalue weighted by Gasteiger charge is 2.18. The van der Waals surface area contributed by atoms with E-state index >= 15 is 0 Å². The molecule has 0 amide bonds. The van der Waals surface area contributed by atoms with Crippen LogP contribution in [0.2, 0.25) is 0 Å². The molecule has 0 fully saturated rings. The van der Waals surface area contributed by atoms with E-state index in [1.165, 1.54) is 24.3 Å². The van der Waals surface area contributed by atoms with E-state index in [1.807, 2.05) is 38.0 Å². The van der Waals surface area contributed by atoms with Crippen molar-refractivity contribution in [2.24, 2.45) is 0 Å². The summed E-state index contributed by atoms with van der Waals surface area (Å²) in [6.07, 6.45) is 1.72. The highest BCUT2D eigenvalue weighted by molar-refractivity contribution is 6.41. The molecule has 0 bridgehead atoms. The number of benzene rings is 2. The Morgan fingerprint density at radius 3 is 1.62 bits per heavy atom. The second-order valence-electron chi connectivity index (χ2n) is 7.27. The van der Waals surface area contributed by atoms with Crippen molar-refractivity contribution < 1.29 is 38.4 Å². The summed E-state index contributed by atoms with van der Waals surface area (Å²) < 4.78 is 9.49. The minimum atomic E-state index is -1.09. The van der Waals surface area contributed by atoms with Gasteiger partial charge in [0.05, 0.1) is 0 Å². The van der Waals surface area contributed by atoms with Crippen LogP contribution in [0.1, 0.15) is 20.7 Å². The number of hydrogen-bond donors (Lipinski definition) is 0. The lowest BCUT2D eigenvalue weighted by molar-refractivity contribution is -0.255. The minimum absolute atomic E-state index is 0.186. The third-order valence-electron chi connectivity index (χ3n) is 4.42. The van der Waals surface area contributed by atoms with Gasteiger partial charge in [0, 0.05) is 50.7 Å². The van der Waals surface area contributed by atoms with Gasteiger partial charge in [0.1, 0.15) is 19.5 Å². The number of carbonyl (C=O) groups excluding carboxylic acids is 4. The summed E-state index contributed by atoms with van der Waals surface area (Å²) in [5.41, 5.74) is 2.16. The zero-order valence-electron chi connectivity index (χ0n) is 19.3. The number of esters is 2. The molecule has 2 aromatic rings. The van der Waals surface area contributed by atoms with Crippen molar-refractivity contribution in [1.29, 1.82) is 0 Å². The van der Waals surface area contributed by atoms with Gasteiger partial charge in [0.15, 0.2) is 6.26 Å². The number of nitrogens with zero attached hydrogens (tertiary/aromatic N) is 2. The summed E-state index contributed by atoms with van der Waals surface area (Å²) >= 11 is 0. The molecule has 0 radical (unpaired) electrons. The van der Waals surface area contributed by atoms with Crippen LogP contribution in [-0.4, -0.2) is 64.9 Å². The molecule has 0 unspecified atom stereocenters. The highest BCUT2D eigenvalue weighted by Crippen LogP contribution is 2.14. The third kappa shape index (κ3) is 7.75. The number of anilines is 2. The van der Waals surface area contributed by atoms with Crippen molar-refractivity contribution >= 4 is 34.9 Å². The first-order valence-electron chi connectivity index (χ1n) is 10.2. The molecular formula is C24H26N2O8. The van der Waals surface area contributed by atoms with Crippen molar-refractivity contribution in [3.8, 4) is 0 Å². The standard InChI is InChI=1S/C24H26N2O8/c1-25(2)19-9-5-17(6-10-19)21(27)23(29)31-13-15-33-34-16-14-32-24(30)22(28)18-7-11-20(12-8-18)26(3)4/h5-13,15H,14,16H2,1-4H3. The van der Waals surface area contributed by atoms with Crippen molar-refractivity contribution in [3.63, 3.8) is 0 Å². The van der Waals surface area contributed by atoms with Crippen LogP contribution in [0, 0.1) is 0 Å². The average molecular weight is 470 g/mol. The molecule has 0 aliphatic rings.